The zero-order valence-corrected chi connectivity index (χ0v) is 7.64. The lowest BCUT2D eigenvalue weighted by molar-refractivity contribution is 0.239. The Morgan fingerprint density at radius 2 is 2.46 bits per heavy atom. The molecule has 0 spiro atoms. The highest BCUT2D eigenvalue weighted by atomic mass is 16.3. The summed E-state index contributed by atoms with van der Waals surface area (Å²) >= 11 is 0. The number of nitrogens with zero attached hydrogens (tertiary/aromatic N) is 3. The number of aliphatic hydroxyl groups is 1. The Labute approximate surface area is 77.5 Å². The third-order valence-electron chi connectivity index (χ3n) is 2.23. The normalized spacial score (nSPS) is 20.2. The minimum Gasteiger partial charge on any atom is -0.395 e. The molecule has 0 aliphatic carbocycles. The van der Waals surface area contributed by atoms with Crippen LogP contribution < -0.4 is 0 Å². The number of rotatable bonds is 2. The Morgan fingerprint density at radius 3 is 3.23 bits per heavy atom. The van der Waals surface area contributed by atoms with Crippen molar-refractivity contribution in [2.75, 3.05) is 26.9 Å². The van der Waals surface area contributed by atoms with E-state index in [0.29, 0.717) is 13.2 Å². The Balaban J connectivity index is 2.19. The molecule has 2 rings (SSSR count). The van der Waals surface area contributed by atoms with Gasteiger partial charge in [0.05, 0.1) is 12.3 Å². The van der Waals surface area contributed by atoms with Gasteiger partial charge in [0.1, 0.15) is 6.67 Å². The van der Waals surface area contributed by atoms with E-state index in [1.807, 2.05) is 30.3 Å². The maximum Gasteiger partial charge on any atom is 0.153 e. The highest BCUT2D eigenvalue weighted by Gasteiger charge is 2.24. The number of aliphatic hydroxyl groups excluding tert-OH is 1. The van der Waals surface area contributed by atoms with Crippen molar-refractivity contribution in [2.45, 2.75) is 0 Å². The second-order valence-corrected chi connectivity index (χ2v) is 3.11. The van der Waals surface area contributed by atoms with Crippen LogP contribution >= 0.6 is 0 Å². The molecule has 4 heteroatoms. The van der Waals surface area contributed by atoms with Crippen molar-refractivity contribution in [2.24, 2.45) is 4.99 Å². The van der Waals surface area contributed by atoms with Crippen molar-refractivity contribution < 1.29 is 5.11 Å². The lowest BCUT2D eigenvalue weighted by Gasteiger charge is -2.23. The summed E-state index contributed by atoms with van der Waals surface area (Å²) in [4.78, 5) is 8.43. The lowest BCUT2D eigenvalue weighted by atomic mass is 10.2. The summed E-state index contributed by atoms with van der Waals surface area (Å²) in [6.07, 6.45) is 6.00. The number of likely N-dealkylation sites (N-methyl/N-ethyl adjacent to an activating group) is 1. The minimum absolute atomic E-state index is 0.174. The molecule has 0 saturated carbocycles. The van der Waals surface area contributed by atoms with Crippen LogP contribution in [0.5, 0.6) is 0 Å². The van der Waals surface area contributed by atoms with Crippen LogP contribution in [-0.4, -0.2) is 47.6 Å². The van der Waals surface area contributed by atoms with Gasteiger partial charge in [0.2, 0.25) is 0 Å². The Kier molecular flexibility index (Phi) is 2.06. The topological polar surface area (TPSA) is 39.1 Å². The van der Waals surface area contributed by atoms with Crippen LogP contribution in [0.2, 0.25) is 0 Å². The number of hydrogen-bond donors (Lipinski definition) is 1. The van der Waals surface area contributed by atoms with Crippen molar-refractivity contribution in [1.82, 2.24) is 9.80 Å². The Bertz CT molecular complexity index is 293. The number of β-amino-alcohol motifs (C(OH)–C–C–N with tert-alkyl or cyclic N) is 1. The Morgan fingerprint density at radius 1 is 1.62 bits per heavy atom. The van der Waals surface area contributed by atoms with Crippen LogP contribution in [0.4, 0.5) is 0 Å². The maximum absolute atomic E-state index is 8.83. The smallest absolute Gasteiger partial charge is 0.153 e. The average Bonchev–Trinajstić information content (AvgIpc) is 2.51. The first-order valence-corrected chi connectivity index (χ1v) is 4.35. The maximum atomic E-state index is 8.83. The van der Waals surface area contributed by atoms with Gasteiger partial charge in [0.15, 0.2) is 5.84 Å². The van der Waals surface area contributed by atoms with Crippen LogP contribution in [0.1, 0.15) is 0 Å². The molecule has 2 heterocycles. The molecule has 2 aliphatic rings. The van der Waals surface area contributed by atoms with Crippen molar-refractivity contribution in [3.8, 4) is 0 Å². The molecule has 0 bridgehead atoms. The first kappa shape index (κ1) is 8.31. The summed E-state index contributed by atoms with van der Waals surface area (Å²) in [6, 6.07) is 0. The van der Waals surface area contributed by atoms with Gasteiger partial charge >= 0.3 is 0 Å². The van der Waals surface area contributed by atoms with Gasteiger partial charge in [-0.05, 0) is 12.2 Å². The van der Waals surface area contributed by atoms with E-state index in [9.17, 15) is 0 Å². The molecule has 0 amide bonds. The molecule has 0 aromatic carbocycles. The summed E-state index contributed by atoms with van der Waals surface area (Å²) < 4.78 is 0. The molecule has 0 unspecified atom stereocenters. The lowest BCUT2D eigenvalue weighted by Crippen LogP contribution is -2.30. The Hall–Kier alpha value is -1.29. The first-order chi connectivity index (χ1) is 6.33. The standard InChI is InChI=1S/C9H13N3O/c1-11-4-2-3-8-9(11)10-7-12(8)5-6-13/h2-4,13H,5-7H2,1H3. The number of amidine groups is 1. The van der Waals surface area contributed by atoms with Gasteiger partial charge in [-0.25, -0.2) is 4.99 Å². The number of hydrogen-bond acceptors (Lipinski definition) is 4. The van der Waals surface area contributed by atoms with E-state index in [1.54, 1.807) is 0 Å². The van der Waals surface area contributed by atoms with E-state index in [0.717, 1.165) is 11.5 Å². The molecular formula is C9H13N3O. The third kappa shape index (κ3) is 1.33. The van der Waals surface area contributed by atoms with Crippen molar-refractivity contribution >= 4 is 5.84 Å². The van der Waals surface area contributed by atoms with E-state index in [4.69, 9.17) is 5.11 Å². The molecule has 0 aromatic heterocycles. The summed E-state index contributed by atoms with van der Waals surface area (Å²) in [5, 5.41) is 8.83. The number of allylic oxidation sites excluding steroid dienone is 2. The molecule has 70 valence electrons. The van der Waals surface area contributed by atoms with Crippen LogP contribution in [0, 0.1) is 0 Å². The van der Waals surface area contributed by atoms with E-state index in [2.05, 4.69) is 9.89 Å². The molecule has 0 radical (unpaired) electrons. The summed E-state index contributed by atoms with van der Waals surface area (Å²) in [5.41, 5.74) is 1.11. The summed E-state index contributed by atoms with van der Waals surface area (Å²) in [5.74, 6) is 0.996. The molecule has 1 N–H and O–H groups in total. The second-order valence-electron chi connectivity index (χ2n) is 3.11. The monoisotopic (exact) mass is 179 g/mol. The van der Waals surface area contributed by atoms with Gasteiger partial charge in [0, 0.05) is 19.8 Å². The molecule has 0 atom stereocenters. The molecular weight excluding hydrogens is 166 g/mol. The van der Waals surface area contributed by atoms with Gasteiger partial charge in [-0.2, -0.15) is 0 Å². The fraction of sp³-hybridized carbons (Fsp3) is 0.444. The van der Waals surface area contributed by atoms with Crippen molar-refractivity contribution in [1.29, 1.82) is 0 Å². The highest BCUT2D eigenvalue weighted by Crippen LogP contribution is 2.19. The van der Waals surface area contributed by atoms with Crippen LogP contribution in [0.15, 0.2) is 29.0 Å². The minimum atomic E-state index is 0.174. The highest BCUT2D eigenvalue weighted by molar-refractivity contribution is 6.00. The first-order valence-electron chi connectivity index (χ1n) is 4.35. The van der Waals surface area contributed by atoms with Gasteiger partial charge in [-0.15, -0.1) is 0 Å². The molecule has 0 aromatic rings. The fourth-order valence-corrected chi connectivity index (χ4v) is 1.57. The predicted molar refractivity (Wildman–Crippen MR) is 51.1 cm³/mol. The number of fused-ring (bicyclic) bond motifs is 1. The molecule has 0 saturated heterocycles. The van der Waals surface area contributed by atoms with E-state index >= 15 is 0 Å². The number of aliphatic imine (C=N–C) groups is 1. The van der Waals surface area contributed by atoms with Gasteiger partial charge in [-0.3, -0.25) is 0 Å². The van der Waals surface area contributed by atoms with E-state index in [1.165, 1.54) is 0 Å². The van der Waals surface area contributed by atoms with Crippen molar-refractivity contribution in [3.63, 3.8) is 0 Å². The van der Waals surface area contributed by atoms with Crippen LogP contribution in [-0.2, 0) is 0 Å². The largest absolute Gasteiger partial charge is 0.395 e. The van der Waals surface area contributed by atoms with E-state index < -0.39 is 0 Å². The van der Waals surface area contributed by atoms with Gasteiger partial charge in [0.25, 0.3) is 0 Å². The average molecular weight is 179 g/mol. The second kappa shape index (κ2) is 3.22. The molecule has 13 heavy (non-hydrogen) atoms. The molecule has 2 aliphatic heterocycles. The van der Waals surface area contributed by atoms with Gasteiger partial charge in [-0.1, -0.05) is 0 Å². The molecule has 0 fully saturated rings. The predicted octanol–water partition coefficient (Wildman–Crippen LogP) is -0.00670. The molecule has 4 nitrogen and oxygen atoms in total. The SMILES string of the molecule is CN1C=CC=C2C1=NCN2CCO. The van der Waals surface area contributed by atoms with E-state index in [-0.39, 0.29) is 6.61 Å². The summed E-state index contributed by atoms with van der Waals surface area (Å²) in [7, 11) is 1.98. The van der Waals surface area contributed by atoms with Crippen LogP contribution in [0.25, 0.3) is 0 Å². The van der Waals surface area contributed by atoms with Crippen molar-refractivity contribution in [3.05, 3.63) is 24.0 Å². The van der Waals surface area contributed by atoms with Gasteiger partial charge < -0.3 is 14.9 Å². The van der Waals surface area contributed by atoms with Crippen LogP contribution in [0.3, 0.4) is 0 Å². The summed E-state index contributed by atoms with van der Waals surface area (Å²) in [6.45, 7) is 1.49. The fourth-order valence-electron chi connectivity index (χ4n) is 1.57. The third-order valence-corrected chi connectivity index (χ3v) is 2.23. The quantitative estimate of drug-likeness (QED) is 0.648. The zero-order chi connectivity index (χ0) is 9.26. The zero-order valence-electron chi connectivity index (χ0n) is 7.64.